The zero-order valence-corrected chi connectivity index (χ0v) is 18.9. The van der Waals surface area contributed by atoms with Gasteiger partial charge in [-0.1, -0.05) is 6.92 Å². The van der Waals surface area contributed by atoms with Gasteiger partial charge in [-0.2, -0.15) is 0 Å². The fraction of sp³-hybridized carbons (Fsp3) is 0.625. The van der Waals surface area contributed by atoms with Crippen LogP contribution in [0.15, 0.2) is 12.1 Å². The normalized spacial score (nSPS) is 25.3. The minimum absolute atomic E-state index is 0.0443. The van der Waals surface area contributed by atoms with Crippen LogP contribution >= 0.6 is 0 Å². The van der Waals surface area contributed by atoms with E-state index in [0.29, 0.717) is 38.3 Å². The molecule has 2 N–H and O–H groups in total. The Kier molecular flexibility index (Phi) is 6.70. The molecule has 0 bridgehead atoms. The zero-order chi connectivity index (χ0) is 23.8. The van der Waals surface area contributed by atoms with E-state index in [1.54, 1.807) is 0 Å². The Labute approximate surface area is 192 Å². The van der Waals surface area contributed by atoms with Crippen LogP contribution in [0.1, 0.15) is 56.9 Å². The first-order valence-electron chi connectivity index (χ1n) is 11.7. The monoisotopic (exact) mass is 463 g/mol. The quantitative estimate of drug-likeness (QED) is 0.655. The lowest BCUT2D eigenvalue weighted by Crippen LogP contribution is -2.45. The number of nitrogens with one attached hydrogen (secondary N) is 1. The summed E-state index contributed by atoms with van der Waals surface area (Å²) in [6.45, 7) is 4.52. The summed E-state index contributed by atoms with van der Waals surface area (Å²) in [5.74, 6) is -3.92. The number of hydrogen-bond acceptors (Lipinski definition) is 5. The molecule has 3 aliphatic rings. The molecule has 3 aliphatic heterocycles. The molecular formula is C24H31F2N3O4. The molecule has 3 saturated heterocycles. The maximum Gasteiger partial charge on any atom is 0.234 e. The number of benzene rings is 1. The fourth-order valence-electron chi connectivity index (χ4n) is 5.30. The van der Waals surface area contributed by atoms with Crippen molar-refractivity contribution in [2.75, 3.05) is 37.7 Å². The van der Waals surface area contributed by atoms with Crippen molar-refractivity contribution in [3.05, 3.63) is 29.3 Å². The highest BCUT2D eigenvalue weighted by Crippen LogP contribution is 2.36. The number of amides is 3. The van der Waals surface area contributed by atoms with Crippen molar-refractivity contribution in [1.29, 1.82) is 0 Å². The zero-order valence-electron chi connectivity index (χ0n) is 18.9. The molecule has 3 amide bonds. The molecule has 0 aliphatic carbocycles. The minimum Gasteiger partial charge on any atom is -0.396 e. The molecule has 1 aromatic rings. The van der Waals surface area contributed by atoms with Gasteiger partial charge in [0.1, 0.15) is 11.6 Å². The molecular weight excluding hydrogens is 432 g/mol. The Balaban J connectivity index is 1.40. The summed E-state index contributed by atoms with van der Waals surface area (Å²) < 4.78 is 29.8. The molecule has 3 fully saturated rings. The molecule has 7 nitrogen and oxygen atoms in total. The Morgan fingerprint density at radius 1 is 1.15 bits per heavy atom. The standard InChI is InChI=1S/C24H31F2N3O4/c1-24(7-11-30)5-9-28(10-6-24)23(33)15-4-8-29(14-15)16-12-18(25)21(19(26)13-16)17-2-3-20(31)27-22(17)32/h12-13,15,17,30H,2-11,14H2,1H3,(H,27,31,32)/t15-,17?/m0/s1. The first-order valence-corrected chi connectivity index (χ1v) is 11.7. The number of carbonyl (C=O) groups excluding carboxylic acids is 3. The lowest BCUT2D eigenvalue weighted by molar-refractivity contribution is -0.137. The van der Waals surface area contributed by atoms with E-state index in [9.17, 15) is 28.3 Å². The van der Waals surface area contributed by atoms with Crippen LogP contribution in [0.2, 0.25) is 0 Å². The van der Waals surface area contributed by atoms with E-state index in [0.717, 1.165) is 19.3 Å². The van der Waals surface area contributed by atoms with Crippen LogP contribution in [0, 0.1) is 23.0 Å². The molecule has 1 unspecified atom stereocenters. The summed E-state index contributed by atoms with van der Waals surface area (Å²) in [6.07, 6.45) is 3.18. The van der Waals surface area contributed by atoms with E-state index >= 15 is 0 Å². The summed E-state index contributed by atoms with van der Waals surface area (Å²) in [7, 11) is 0. The molecule has 0 radical (unpaired) electrons. The van der Waals surface area contributed by atoms with Crippen molar-refractivity contribution in [1.82, 2.24) is 10.2 Å². The topological polar surface area (TPSA) is 89.9 Å². The molecule has 3 heterocycles. The molecule has 4 rings (SSSR count). The highest BCUT2D eigenvalue weighted by Gasteiger charge is 2.37. The lowest BCUT2D eigenvalue weighted by Gasteiger charge is -2.40. The number of anilines is 1. The maximum atomic E-state index is 14.9. The number of aliphatic hydroxyl groups excluding tert-OH is 1. The van der Waals surface area contributed by atoms with E-state index in [1.165, 1.54) is 12.1 Å². The second-order valence-corrected chi connectivity index (χ2v) is 9.87. The first-order chi connectivity index (χ1) is 15.7. The van der Waals surface area contributed by atoms with E-state index in [4.69, 9.17) is 0 Å². The highest BCUT2D eigenvalue weighted by atomic mass is 19.1. The Morgan fingerprint density at radius 3 is 2.42 bits per heavy atom. The number of likely N-dealkylation sites (tertiary alicyclic amines) is 1. The van der Waals surface area contributed by atoms with Gasteiger partial charge >= 0.3 is 0 Å². The van der Waals surface area contributed by atoms with Gasteiger partial charge in [0, 0.05) is 50.5 Å². The third kappa shape index (κ3) is 4.88. The molecule has 33 heavy (non-hydrogen) atoms. The highest BCUT2D eigenvalue weighted by molar-refractivity contribution is 6.01. The Bertz CT molecular complexity index is 923. The van der Waals surface area contributed by atoms with Gasteiger partial charge in [-0.3, -0.25) is 19.7 Å². The second-order valence-electron chi connectivity index (χ2n) is 9.87. The van der Waals surface area contributed by atoms with E-state index < -0.39 is 29.4 Å². The molecule has 9 heteroatoms. The summed E-state index contributed by atoms with van der Waals surface area (Å²) in [6, 6.07) is 2.44. The summed E-state index contributed by atoms with van der Waals surface area (Å²) in [5.41, 5.74) is 0.104. The maximum absolute atomic E-state index is 14.9. The third-order valence-corrected chi connectivity index (χ3v) is 7.55. The fourth-order valence-corrected chi connectivity index (χ4v) is 5.30. The summed E-state index contributed by atoms with van der Waals surface area (Å²) >= 11 is 0. The number of imide groups is 1. The second kappa shape index (κ2) is 9.37. The van der Waals surface area contributed by atoms with Gasteiger partial charge in [-0.25, -0.2) is 8.78 Å². The van der Waals surface area contributed by atoms with Gasteiger partial charge in [-0.15, -0.1) is 0 Å². The van der Waals surface area contributed by atoms with Gasteiger partial charge < -0.3 is 14.9 Å². The third-order valence-electron chi connectivity index (χ3n) is 7.55. The number of piperidine rings is 2. The lowest BCUT2D eigenvalue weighted by atomic mass is 9.77. The number of aliphatic hydroxyl groups is 1. The Morgan fingerprint density at radius 2 is 1.82 bits per heavy atom. The van der Waals surface area contributed by atoms with Crippen LogP contribution in [0.25, 0.3) is 0 Å². The van der Waals surface area contributed by atoms with E-state index in [2.05, 4.69) is 12.2 Å². The van der Waals surface area contributed by atoms with Crippen LogP contribution in [-0.4, -0.2) is 60.5 Å². The number of rotatable bonds is 5. The average molecular weight is 464 g/mol. The molecule has 1 aromatic carbocycles. The van der Waals surface area contributed by atoms with E-state index in [-0.39, 0.29) is 42.3 Å². The smallest absolute Gasteiger partial charge is 0.234 e. The van der Waals surface area contributed by atoms with Crippen molar-refractivity contribution in [2.45, 2.75) is 51.4 Å². The SMILES string of the molecule is CC1(CCO)CCN(C(=O)[C@H]2CCN(c3cc(F)c(C4CCC(=O)NC4=O)c(F)c3)C2)CC1. The van der Waals surface area contributed by atoms with Crippen molar-refractivity contribution < 1.29 is 28.3 Å². The summed E-state index contributed by atoms with van der Waals surface area (Å²) in [4.78, 5) is 40.1. The van der Waals surface area contributed by atoms with Crippen LogP contribution < -0.4 is 10.2 Å². The van der Waals surface area contributed by atoms with Crippen LogP contribution in [0.5, 0.6) is 0 Å². The molecule has 0 aromatic heterocycles. The largest absolute Gasteiger partial charge is 0.396 e. The number of halogens is 2. The van der Waals surface area contributed by atoms with Crippen LogP contribution in [-0.2, 0) is 14.4 Å². The predicted octanol–water partition coefficient (Wildman–Crippen LogP) is 2.32. The molecule has 0 saturated carbocycles. The average Bonchev–Trinajstić information content (AvgIpc) is 3.25. The first kappa shape index (κ1) is 23.6. The van der Waals surface area contributed by atoms with Gasteiger partial charge in [0.05, 0.1) is 11.8 Å². The van der Waals surface area contributed by atoms with Crippen molar-refractivity contribution >= 4 is 23.4 Å². The number of carbonyl (C=O) groups is 3. The molecule has 2 atom stereocenters. The van der Waals surface area contributed by atoms with Gasteiger partial charge in [0.2, 0.25) is 17.7 Å². The van der Waals surface area contributed by atoms with Gasteiger partial charge in [-0.05, 0) is 49.7 Å². The number of hydrogen-bond donors (Lipinski definition) is 2. The van der Waals surface area contributed by atoms with Crippen LogP contribution in [0.3, 0.4) is 0 Å². The summed E-state index contributed by atoms with van der Waals surface area (Å²) in [5, 5.41) is 11.4. The van der Waals surface area contributed by atoms with Crippen LogP contribution in [0.4, 0.5) is 14.5 Å². The minimum atomic E-state index is -1.03. The van der Waals surface area contributed by atoms with Gasteiger partial charge in [0.25, 0.3) is 0 Å². The van der Waals surface area contributed by atoms with Gasteiger partial charge in [0.15, 0.2) is 0 Å². The molecule has 0 spiro atoms. The van der Waals surface area contributed by atoms with Crippen molar-refractivity contribution in [3.63, 3.8) is 0 Å². The number of nitrogens with zero attached hydrogens (tertiary/aromatic N) is 2. The molecule has 180 valence electrons. The van der Waals surface area contributed by atoms with E-state index in [1.807, 2.05) is 9.80 Å². The van der Waals surface area contributed by atoms with Crippen molar-refractivity contribution in [3.8, 4) is 0 Å². The predicted molar refractivity (Wildman–Crippen MR) is 117 cm³/mol. The van der Waals surface area contributed by atoms with Crippen molar-refractivity contribution in [2.24, 2.45) is 11.3 Å². The Hall–Kier alpha value is -2.55.